The predicted molar refractivity (Wildman–Crippen MR) is 373 cm³/mol. The number of aryl methyl sites for hydroxylation is 3. The molecular formula is C81H82O11. The van der Waals surface area contributed by atoms with Crippen molar-refractivity contribution in [1.82, 2.24) is 0 Å². The Labute approximate surface area is 540 Å². The molecule has 0 heterocycles. The predicted octanol–water partition coefficient (Wildman–Crippen LogP) is 19.1. The lowest BCUT2D eigenvalue weighted by molar-refractivity contribution is -0.141. The van der Waals surface area contributed by atoms with Crippen LogP contribution < -0.4 is 4.74 Å². The van der Waals surface area contributed by atoms with Gasteiger partial charge in [-0.25, -0.2) is 24.0 Å². The number of unbranched alkanes of at least 4 members (excludes halogenated alkanes) is 3. The summed E-state index contributed by atoms with van der Waals surface area (Å²) < 4.78 is 25.6. The third kappa shape index (κ3) is 22.1. The Hall–Kier alpha value is -10.7. The summed E-state index contributed by atoms with van der Waals surface area (Å²) in [5.41, 5.74) is 8.84. The van der Waals surface area contributed by atoms with E-state index in [4.69, 9.17) is 23.7 Å². The Morgan fingerprint density at radius 1 is 0.359 bits per heavy atom. The van der Waals surface area contributed by atoms with Gasteiger partial charge in [-0.3, -0.25) is 0 Å². The fourth-order valence-electron chi connectivity index (χ4n) is 9.43. The van der Waals surface area contributed by atoms with E-state index in [1.165, 1.54) is 43.6 Å². The second-order valence-corrected chi connectivity index (χ2v) is 22.6. The van der Waals surface area contributed by atoms with Crippen LogP contribution in [0.25, 0.3) is 53.9 Å². The highest BCUT2D eigenvalue weighted by molar-refractivity contribution is 6.02. The first kappa shape index (κ1) is 70.4. The highest BCUT2D eigenvalue weighted by Crippen LogP contribution is 2.31. The fraction of sp³-hybridized carbons (Fsp3) is 0.198. The van der Waals surface area contributed by atoms with E-state index in [0.29, 0.717) is 46.8 Å². The number of hydrogen-bond donors (Lipinski definition) is 1. The summed E-state index contributed by atoms with van der Waals surface area (Å²) >= 11 is 0. The Balaban J connectivity index is 0.000000186. The van der Waals surface area contributed by atoms with E-state index < -0.39 is 11.9 Å². The standard InChI is InChI=1S/C24H26O2.C16H16O2.C15H14O3.C15H14O2.C11H12O2/c1-18(2)24(25)26-16-10-4-3-5-15-23-21-13-8-6-11-19(21)17-20-12-7-9-14-22(20)23;1-11(2)16(17)18-10-13-5-7-14-8-12(3)4-6-15(14)9-13;1-10(2)15(17)18-9-12-5-3-4-11-8-13(16)6-7-14(11)12;1-10(2)15(16)17-14-6-4-5-12-9-11(3)7-8-13(12)14;1-9(2)11(12)13-8-10-6-4-3-5-7-10/h6-9,11-14,17H,1,3-5,10,15-16H2,2H3;4-9H,1,10H2,2-3H3;3-8,16H,1,9H2,2H3;4-9H,1H2,2-3H3;3-7H,1,8H2,2H3. The Kier molecular flexibility index (Phi) is 27.2. The highest BCUT2D eigenvalue weighted by Gasteiger charge is 2.12. The van der Waals surface area contributed by atoms with Crippen LogP contribution in [0.2, 0.25) is 0 Å². The summed E-state index contributed by atoms with van der Waals surface area (Å²) in [6.07, 6.45) is 5.35. The molecule has 0 atom stereocenters. The normalized spacial score (nSPS) is 10.3. The van der Waals surface area contributed by atoms with Gasteiger partial charge < -0.3 is 28.8 Å². The van der Waals surface area contributed by atoms with E-state index in [2.05, 4.69) is 119 Å². The van der Waals surface area contributed by atoms with Gasteiger partial charge in [0, 0.05) is 33.3 Å². The smallest absolute Gasteiger partial charge is 0.338 e. The number of esters is 5. The largest absolute Gasteiger partial charge is 0.508 e. The molecule has 1 N–H and O–H groups in total. The quantitative estimate of drug-likeness (QED) is 0.0206. The molecular weight excluding hydrogens is 1150 g/mol. The molecule has 11 nitrogen and oxygen atoms in total. The van der Waals surface area contributed by atoms with Gasteiger partial charge >= 0.3 is 29.8 Å². The van der Waals surface area contributed by atoms with Crippen LogP contribution in [0, 0.1) is 13.8 Å². The van der Waals surface area contributed by atoms with E-state index in [1.54, 1.807) is 52.8 Å². The molecule has 0 spiro atoms. The number of ether oxygens (including phenoxy) is 5. The lowest BCUT2D eigenvalue weighted by Gasteiger charge is -2.11. The van der Waals surface area contributed by atoms with Crippen molar-refractivity contribution in [1.29, 1.82) is 0 Å². The minimum atomic E-state index is -0.397. The zero-order chi connectivity index (χ0) is 66.7. The van der Waals surface area contributed by atoms with E-state index in [-0.39, 0.29) is 36.9 Å². The number of rotatable bonds is 19. The van der Waals surface area contributed by atoms with Crippen molar-refractivity contribution in [3.63, 3.8) is 0 Å². The van der Waals surface area contributed by atoms with Crippen LogP contribution >= 0.6 is 0 Å². The molecule has 10 rings (SSSR count). The van der Waals surface area contributed by atoms with Crippen LogP contribution in [0.4, 0.5) is 0 Å². The Morgan fingerprint density at radius 2 is 0.815 bits per heavy atom. The number of phenolic OH excluding ortho intramolecular Hbond substituents is 1. The molecule has 0 bridgehead atoms. The van der Waals surface area contributed by atoms with Crippen molar-refractivity contribution in [2.75, 3.05) is 6.61 Å². The van der Waals surface area contributed by atoms with Crippen molar-refractivity contribution in [2.24, 2.45) is 0 Å². The second-order valence-electron chi connectivity index (χ2n) is 22.6. The minimum absolute atomic E-state index is 0.202. The Morgan fingerprint density at radius 3 is 1.42 bits per heavy atom. The highest BCUT2D eigenvalue weighted by atomic mass is 16.5. The van der Waals surface area contributed by atoms with Crippen molar-refractivity contribution in [3.8, 4) is 11.5 Å². The topological polar surface area (TPSA) is 152 Å². The van der Waals surface area contributed by atoms with E-state index in [0.717, 1.165) is 75.7 Å². The zero-order valence-corrected chi connectivity index (χ0v) is 53.9. The monoisotopic (exact) mass is 1230 g/mol. The maximum absolute atomic E-state index is 11.5. The van der Waals surface area contributed by atoms with E-state index >= 15 is 0 Å². The average Bonchev–Trinajstić information content (AvgIpc) is 0.808. The summed E-state index contributed by atoms with van der Waals surface area (Å²) in [7, 11) is 0. The molecule has 92 heavy (non-hydrogen) atoms. The molecule has 11 heteroatoms. The number of phenols is 1. The van der Waals surface area contributed by atoms with Crippen molar-refractivity contribution in [2.45, 2.75) is 100 Å². The number of hydrogen-bond acceptors (Lipinski definition) is 11. The first-order valence-electron chi connectivity index (χ1n) is 30.4. The molecule has 0 radical (unpaired) electrons. The van der Waals surface area contributed by atoms with E-state index in [1.807, 2.05) is 104 Å². The molecule has 0 unspecified atom stereocenters. The molecule has 0 aromatic heterocycles. The molecule has 0 fully saturated rings. The van der Waals surface area contributed by atoms with Gasteiger partial charge in [-0.1, -0.05) is 221 Å². The van der Waals surface area contributed by atoms with Crippen LogP contribution in [-0.4, -0.2) is 41.6 Å². The third-order valence-electron chi connectivity index (χ3n) is 14.3. The second kappa shape index (κ2) is 35.5. The van der Waals surface area contributed by atoms with Crippen molar-refractivity contribution >= 4 is 83.7 Å². The first-order valence-corrected chi connectivity index (χ1v) is 30.4. The van der Waals surface area contributed by atoms with Crippen LogP contribution in [0.3, 0.4) is 0 Å². The van der Waals surface area contributed by atoms with E-state index in [9.17, 15) is 29.1 Å². The summed E-state index contributed by atoms with van der Waals surface area (Å²) in [6.45, 7) is 31.3. The van der Waals surface area contributed by atoms with Crippen molar-refractivity contribution < 1.29 is 52.8 Å². The number of fused-ring (bicyclic) bond motifs is 5. The van der Waals surface area contributed by atoms with Gasteiger partial charge in [0.2, 0.25) is 0 Å². The lowest BCUT2D eigenvalue weighted by Crippen LogP contribution is -2.08. The van der Waals surface area contributed by atoms with Gasteiger partial charge in [0.1, 0.15) is 31.3 Å². The molecule has 0 saturated carbocycles. The first-order chi connectivity index (χ1) is 44.1. The summed E-state index contributed by atoms with van der Waals surface area (Å²) in [4.78, 5) is 56.5. The van der Waals surface area contributed by atoms with Crippen molar-refractivity contribution in [3.05, 3.63) is 288 Å². The molecule has 10 aromatic rings. The van der Waals surface area contributed by atoms with Crippen LogP contribution in [-0.2, 0) is 69.2 Å². The zero-order valence-electron chi connectivity index (χ0n) is 53.9. The number of carbonyl (C=O) groups is 5. The lowest BCUT2D eigenvalue weighted by atomic mass is 9.93. The minimum Gasteiger partial charge on any atom is -0.508 e. The maximum Gasteiger partial charge on any atom is 0.338 e. The number of aromatic hydroxyl groups is 1. The summed E-state index contributed by atoms with van der Waals surface area (Å²) in [6, 6.07) is 64.0. The van der Waals surface area contributed by atoms with Gasteiger partial charge in [-0.05, 0) is 169 Å². The Bertz CT molecular complexity index is 4250. The van der Waals surface area contributed by atoms with Crippen LogP contribution in [0.1, 0.15) is 93.7 Å². The summed E-state index contributed by atoms with van der Waals surface area (Å²) in [5, 5.41) is 21.0. The summed E-state index contributed by atoms with van der Waals surface area (Å²) in [5.74, 6) is -0.965. The molecule has 0 aliphatic rings. The fourth-order valence-corrected chi connectivity index (χ4v) is 9.43. The van der Waals surface area contributed by atoms with Gasteiger partial charge in [0.25, 0.3) is 0 Å². The molecule has 0 aliphatic carbocycles. The molecule has 0 amide bonds. The van der Waals surface area contributed by atoms with Gasteiger partial charge in [0.15, 0.2) is 0 Å². The van der Waals surface area contributed by atoms with Gasteiger partial charge in [0.05, 0.1) is 6.61 Å². The maximum atomic E-state index is 11.5. The molecule has 0 saturated heterocycles. The van der Waals surface area contributed by atoms with Gasteiger partial charge in [-0.15, -0.1) is 0 Å². The van der Waals surface area contributed by atoms with Crippen LogP contribution in [0.15, 0.2) is 255 Å². The SMILES string of the molecule is C=C(C)C(=O)OCCCCCCc1c2ccccc2cc2ccccc12.C=C(C)C(=O)OCc1ccc2cc(C)ccc2c1.C=C(C)C(=O)OCc1cccc2cc(O)ccc12.C=C(C)C(=O)OCc1ccccc1.C=C(C)C(=O)Oc1cccc2cc(C)ccc12. The molecule has 0 aliphatic heterocycles. The van der Waals surface area contributed by atoms with Crippen LogP contribution in [0.5, 0.6) is 11.5 Å². The number of benzene rings is 10. The average molecular weight is 1230 g/mol. The van der Waals surface area contributed by atoms with Gasteiger partial charge in [-0.2, -0.15) is 0 Å². The third-order valence-corrected chi connectivity index (χ3v) is 14.3. The number of carbonyl (C=O) groups excluding carboxylic acids is 5. The molecule has 472 valence electrons. The molecule has 10 aromatic carbocycles.